The minimum absolute atomic E-state index is 0.0106. The van der Waals surface area contributed by atoms with Crippen LogP contribution < -0.4 is 5.32 Å². The number of anilines is 1. The second-order valence-corrected chi connectivity index (χ2v) is 7.47. The highest BCUT2D eigenvalue weighted by Gasteiger charge is 2.46. The summed E-state index contributed by atoms with van der Waals surface area (Å²) in [5, 5.41) is 10.9. The number of urea groups is 1. The molecule has 0 spiro atoms. The molecule has 0 radical (unpaired) electrons. The maximum absolute atomic E-state index is 12.6. The van der Waals surface area contributed by atoms with Crippen molar-refractivity contribution in [1.29, 1.82) is 0 Å². The molecule has 2 saturated heterocycles. The molecule has 1 saturated carbocycles. The number of fused-ring (bicyclic) bond motifs is 2. The molecule has 3 fully saturated rings. The average molecular weight is 388 g/mol. The smallest absolute Gasteiger partial charge is 0.318 e. The quantitative estimate of drug-likeness (QED) is 0.852. The number of benzene rings is 1. The SMILES string of the molecule is C[C@@H]1C[C@@H]2C[C@H](C1)N2C(=O)Nc1ccc(Br)c(-c2nccnn2)c1. The second-order valence-electron chi connectivity index (χ2n) is 6.62. The Balaban J connectivity index is 1.52. The van der Waals surface area contributed by atoms with Crippen molar-refractivity contribution >= 4 is 27.6 Å². The minimum atomic E-state index is -0.0106. The van der Waals surface area contributed by atoms with Crippen LogP contribution in [0, 0.1) is 5.92 Å². The third kappa shape index (κ3) is 2.77. The van der Waals surface area contributed by atoms with Gasteiger partial charge in [-0.2, -0.15) is 5.10 Å². The van der Waals surface area contributed by atoms with Gasteiger partial charge in [0, 0.05) is 34.0 Å². The Morgan fingerprint density at radius 2 is 2.04 bits per heavy atom. The predicted octanol–water partition coefficient (Wildman–Crippen LogP) is 3.71. The molecule has 2 aromatic rings. The summed E-state index contributed by atoms with van der Waals surface area (Å²) in [6.45, 7) is 2.27. The van der Waals surface area contributed by atoms with E-state index in [2.05, 4.69) is 43.4 Å². The summed E-state index contributed by atoms with van der Waals surface area (Å²) >= 11 is 3.50. The summed E-state index contributed by atoms with van der Waals surface area (Å²) in [5.74, 6) is 1.25. The Hall–Kier alpha value is -2.02. The van der Waals surface area contributed by atoms with E-state index in [0.29, 0.717) is 17.9 Å². The molecule has 3 heterocycles. The van der Waals surface area contributed by atoms with Crippen LogP contribution in [-0.2, 0) is 0 Å². The van der Waals surface area contributed by atoms with Crippen molar-refractivity contribution in [1.82, 2.24) is 20.1 Å². The van der Waals surface area contributed by atoms with Gasteiger partial charge in [-0.25, -0.2) is 9.78 Å². The van der Waals surface area contributed by atoms with Crippen molar-refractivity contribution in [3.05, 3.63) is 35.1 Å². The van der Waals surface area contributed by atoms with Crippen molar-refractivity contribution in [3.63, 3.8) is 0 Å². The summed E-state index contributed by atoms with van der Waals surface area (Å²) < 4.78 is 0.864. The van der Waals surface area contributed by atoms with E-state index >= 15 is 0 Å². The molecule has 6 nitrogen and oxygen atoms in total. The molecule has 3 aliphatic rings. The zero-order valence-corrected chi connectivity index (χ0v) is 14.9. The molecule has 24 heavy (non-hydrogen) atoms. The van der Waals surface area contributed by atoms with Gasteiger partial charge in [-0.1, -0.05) is 22.9 Å². The highest BCUT2D eigenvalue weighted by Crippen LogP contribution is 2.41. The van der Waals surface area contributed by atoms with Gasteiger partial charge >= 0.3 is 6.03 Å². The van der Waals surface area contributed by atoms with Crippen LogP contribution >= 0.6 is 15.9 Å². The zero-order chi connectivity index (χ0) is 16.7. The Bertz CT molecular complexity index is 757. The molecule has 124 valence electrons. The lowest BCUT2D eigenvalue weighted by Crippen LogP contribution is -2.63. The van der Waals surface area contributed by atoms with E-state index in [9.17, 15) is 4.79 Å². The molecule has 1 aromatic heterocycles. The van der Waals surface area contributed by atoms with Crippen molar-refractivity contribution in [2.75, 3.05) is 5.32 Å². The van der Waals surface area contributed by atoms with E-state index in [1.807, 2.05) is 23.1 Å². The Morgan fingerprint density at radius 3 is 2.75 bits per heavy atom. The molecule has 1 N–H and O–H groups in total. The Kier molecular flexibility index (Phi) is 3.96. The van der Waals surface area contributed by atoms with E-state index < -0.39 is 0 Å². The molecule has 0 unspecified atom stereocenters. The van der Waals surface area contributed by atoms with Gasteiger partial charge in [0.1, 0.15) is 0 Å². The van der Waals surface area contributed by atoms with Crippen LogP contribution in [0.2, 0.25) is 0 Å². The third-order valence-electron chi connectivity index (χ3n) is 4.86. The number of hydrogen-bond acceptors (Lipinski definition) is 4. The molecule has 3 atom stereocenters. The van der Waals surface area contributed by atoms with E-state index in [1.165, 1.54) is 6.20 Å². The van der Waals surface area contributed by atoms with E-state index in [0.717, 1.165) is 40.9 Å². The number of piperidine rings is 1. The van der Waals surface area contributed by atoms with Crippen LogP contribution in [0.1, 0.15) is 26.2 Å². The number of hydrogen-bond donors (Lipinski definition) is 1. The van der Waals surface area contributed by atoms with Crippen LogP contribution in [0.25, 0.3) is 11.4 Å². The first-order chi connectivity index (χ1) is 11.6. The van der Waals surface area contributed by atoms with Crippen LogP contribution in [0.3, 0.4) is 0 Å². The number of nitrogens with one attached hydrogen (secondary N) is 1. The van der Waals surface area contributed by atoms with Gasteiger partial charge in [0.15, 0.2) is 5.82 Å². The average Bonchev–Trinajstić information content (AvgIpc) is 2.57. The first-order valence-electron chi connectivity index (χ1n) is 8.14. The normalized spacial score (nSPS) is 25.1. The molecular weight excluding hydrogens is 370 g/mol. The summed E-state index contributed by atoms with van der Waals surface area (Å²) in [4.78, 5) is 18.8. The maximum Gasteiger partial charge on any atom is 0.322 e. The lowest BCUT2D eigenvalue weighted by Gasteiger charge is -2.54. The molecule has 2 aliphatic heterocycles. The Morgan fingerprint density at radius 1 is 1.25 bits per heavy atom. The number of aromatic nitrogens is 3. The van der Waals surface area contributed by atoms with Crippen molar-refractivity contribution < 1.29 is 4.79 Å². The fourth-order valence-corrected chi connectivity index (χ4v) is 4.24. The summed E-state index contributed by atoms with van der Waals surface area (Å²) in [5.41, 5.74) is 1.54. The minimum Gasteiger partial charge on any atom is -0.318 e. The van der Waals surface area contributed by atoms with Crippen molar-refractivity contribution in [2.24, 2.45) is 5.92 Å². The largest absolute Gasteiger partial charge is 0.322 e. The highest BCUT2D eigenvalue weighted by molar-refractivity contribution is 9.10. The topological polar surface area (TPSA) is 71.0 Å². The second kappa shape index (κ2) is 6.12. The van der Waals surface area contributed by atoms with E-state index in [-0.39, 0.29) is 6.03 Å². The number of carbonyl (C=O) groups is 1. The van der Waals surface area contributed by atoms with Crippen LogP contribution in [0.4, 0.5) is 10.5 Å². The monoisotopic (exact) mass is 387 g/mol. The van der Waals surface area contributed by atoms with Gasteiger partial charge in [0.25, 0.3) is 0 Å². The predicted molar refractivity (Wildman–Crippen MR) is 94.4 cm³/mol. The van der Waals surface area contributed by atoms with Gasteiger partial charge in [-0.05, 0) is 43.4 Å². The van der Waals surface area contributed by atoms with Gasteiger partial charge in [-0.3, -0.25) is 0 Å². The summed E-state index contributed by atoms with van der Waals surface area (Å²) in [7, 11) is 0. The van der Waals surface area contributed by atoms with Gasteiger partial charge < -0.3 is 10.2 Å². The molecule has 5 rings (SSSR count). The fraction of sp³-hybridized carbons (Fsp3) is 0.412. The molecule has 7 heteroatoms. The summed E-state index contributed by atoms with van der Waals surface area (Å²) in [6.07, 6.45) is 6.50. The van der Waals surface area contributed by atoms with Gasteiger partial charge in [-0.15, -0.1) is 5.10 Å². The third-order valence-corrected chi connectivity index (χ3v) is 5.55. The number of rotatable bonds is 2. The number of halogens is 1. The number of carbonyl (C=O) groups excluding carboxylic acids is 1. The number of nitrogens with zero attached hydrogens (tertiary/aromatic N) is 4. The van der Waals surface area contributed by atoms with Crippen molar-refractivity contribution in [2.45, 2.75) is 38.3 Å². The van der Waals surface area contributed by atoms with Gasteiger partial charge in [0.2, 0.25) is 0 Å². The highest BCUT2D eigenvalue weighted by atomic mass is 79.9. The first kappa shape index (κ1) is 15.5. The molecule has 2 amide bonds. The van der Waals surface area contributed by atoms with Crippen LogP contribution in [0.5, 0.6) is 0 Å². The zero-order valence-electron chi connectivity index (χ0n) is 13.3. The molecule has 1 aliphatic carbocycles. The molecule has 2 bridgehead atoms. The molecule has 1 aromatic carbocycles. The Labute approximate surface area is 148 Å². The number of amides is 2. The van der Waals surface area contributed by atoms with Crippen LogP contribution in [0.15, 0.2) is 35.1 Å². The maximum atomic E-state index is 12.6. The van der Waals surface area contributed by atoms with Crippen molar-refractivity contribution in [3.8, 4) is 11.4 Å². The summed E-state index contributed by atoms with van der Waals surface area (Å²) in [6, 6.07) is 6.42. The van der Waals surface area contributed by atoms with Gasteiger partial charge in [0.05, 0.1) is 6.20 Å². The standard InChI is InChI=1S/C17H18BrN5O/c1-10-6-12-9-13(7-10)23(12)17(24)21-11-2-3-15(18)14(8-11)16-19-4-5-20-22-16/h2-5,8,10,12-13H,6-7,9H2,1H3,(H,21,24)/t10-,12-,13+. The van der Waals surface area contributed by atoms with E-state index in [4.69, 9.17) is 0 Å². The first-order valence-corrected chi connectivity index (χ1v) is 8.94. The fourth-order valence-electron chi connectivity index (χ4n) is 3.81. The lowest BCUT2D eigenvalue weighted by atomic mass is 9.74. The van der Waals surface area contributed by atoms with Crippen LogP contribution in [-0.4, -0.2) is 38.2 Å². The van der Waals surface area contributed by atoms with E-state index in [1.54, 1.807) is 6.20 Å². The lowest BCUT2D eigenvalue weighted by molar-refractivity contribution is -0.00600. The molecular formula is C17H18BrN5O.